The van der Waals surface area contributed by atoms with Crippen LogP contribution in [0.5, 0.6) is 5.75 Å². The van der Waals surface area contributed by atoms with Crippen molar-refractivity contribution in [2.24, 2.45) is 0 Å². The minimum Gasteiger partial charge on any atom is -0.492 e. The summed E-state index contributed by atoms with van der Waals surface area (Å²) in [5.74, 6) is 0.923. The number of anilines is 2. The molecule has 1 N–H and O–H groups in total. The lowest BCUT2D eigenvalue weighted by atomic mass is 10.0. The van der Waals surface area contributed by atoms with Crippen LogP contribution in [-0.4, -0.2) is 55.6 Å². The lowest BCUT2D eigenvalue weighted by molar-refractivity contribution is -0.117. The molecule has 2 aliphatic heterocycles. The first-order valence-corrected chi connectivity index (χ1v) is 9.52. The molecule has 4 rings (SSSR count). The number of hydrogen-bond donors (Lipinski definition) is 1. The van der Waals surface area contributed by atoms with Crippen LogP contribution in [0.15, 0.2) is 41.0 Å². The normalized spacial score (nSPS) is 19.8. The molecule has 26 heavy (non-hydrogen) atoms. The van der Waals surface area contributed by atoms with E-state index in [1.165, 1.54) is 0 Å². The highest BCUT2D eigenvalue weighted by Gasteiger charge is 2.30. The Morgan fingerprint density at radius 2 is 2.04 bits per heavy atom. The highest BCUT2D eigenvalue weighted by molar-refractivity contribution is 9.10. The van der Waals surface area contributed by atoms with Crippen molar-refractivity contribution in [1.29, 1.82) is 0 Å². The number of nitrogens with one attached hydrogen (secondary N) is 1. The Morgan fingerprint density at radius 3 is 2.77 bits per heavy atom. The van der Waals surface area contributed by atoms with Crippen molar-refractivity contribution in [3.05, 3.63) is 46.6 Å². The molecular formula is C19H21BrN4O2. The van der Waals surface area contributed by atoms with Crippen molar-refractivity contribution in [3.63, 3.8) is 0 Å². The van der Waals surface area contributed by atoms with Crippen LogP contribution in [0.4, 0.5) is 11.5 Å². The van der Waals surface area contributed by atoms with Crippen molar-refractivity contribution >= 4 is 33.3 Å². The Morgan fingerprint density at radius 1 is 1.23 bits per heavy atom. The summed E-state index contributed by atoms with van der Waals surface area (Å²) in [6, 6.07) is 9.62. The Balaban J connectivity index is 1.42. The molecule has 1 atom stereocenters. The number of hydrogen-bond acceptors (Lipinski definition) is 5. The second kappa shape index (κ2) is 7.25. The van der Waals surface area contributed by atoms with Gasteiger partial charge in [0.1, 0.15) is 24.1 Å². The van der Waals surface area contributed by atoms with E-state index >= 15 is 0 Å². The summed E-state index contributed by atoms with van der Waals surface area (Å²) >= 11 is 3.45. The number of amides is 1. The summed E-state index contributed by atoms with van der Waals surface area (Å²) in [4.78, 5) is 21.7. The number of likely N-dealkylation sites (N-methyl/N-ethyl adjacent to an activating group) is 1. The number of piperazine rings is 1. The predicted molar refractivity (Wildman–Crippen MR) is 105 cm³/mol. The van der Waals surface area contributed by atoms with E-state index in [4.69, 9.17) is 4.74 Å². The average molecular weight is 417 g/mol. The first-order valence-electron chi connectivity index (χ1n) is 8.73. The second-order valence-electron chi connectivity index (χ2n) is 6.73. The van der Waals surface area contributed by atoms with Gasteiger partial charge in [0.2, 0.25) is 5.91 Å². The standard InChI is InChI=1S/C19H21BrN4O2/c1-23-6-8-24(9-7-23)14-3-5-18(21-11-14)22-19(25)16-12-26-17-4-2-13(20)10-15(16)17/h2-5,10-11,16H,6-9,12H2,1H3,(H,21,22,25). The van der Waals surface area contributed by atoms with Crippen LogP contribution in [0, 0.1) is 0 Å². The molecule has 0 radical (unpaired) electrons. The average Bonchev–Trinajstić information content (AvgIpc) is 3.06. The maximum Gasteiger partial charge on any atom is 0.236 e. The number of carbonyl (C=O) groups is 1. The molecule has 1 fully saturated rings. The molecule has 3 heterocycles. The third-order valence-corrected chi connectivity index (χ3v) is 5.43. The summed E-state index contributed by atoms with van der Waals surface area (Å²) in [6.07, 6.45) is 1.83. The van der Waals surface area contributed by atoms with Crippen molar-refractivity contribution in [2.75, 3.05) is 50.1 Å². The van der Waals surface area contributed by atoms with Crippen molar-refractivity contribution < 1.29 is 9.53 Å². The zero-order valence-corrected chi connectivity index (χ0v) is 16.2. The van der Waals surface area contributed by atoms with Gasteiger partial charge >= 0.3 is 0 Å². The number of benzene rings is 1. The fraction of sp³-hybridized carbons (Fsp3) is 0.368. The van der Waals surface area contributed by atoms with E-state index in [2.05, 4.69) is 43.1 Å². The van der Waals surface area contributed by atoms with Crippen molar-refractivity contribution in [3.8, 4) is 5.75 Å². The highest BCUT2D eigenvalue weighted by atomic mass is 79.9. The van der Waals surface area contributed by atoms with Crippen LogP contribution in [-0.2, 0) is 4.79 Å². The van der Waals surface area contributed by atoms with Crippen LogP contribution in [0.3, 0.4) is 0 Å². The monoisotopic (exact) mass is 416 g/mol. The molecule has 0 saturated carbocycles. The third kappa shape index (κ3) is 3.54. The lowest BCUT2D eigenvalue weighted by Crippen LogP contribution is -2.44. The summed E-state index contributed by atoms with van der Waals surface area (Å²) in [5.41, 5.74) is 2.00. The third-order valence-electron chi connectivity index (χ3n) is 4.94. The summed E-state index contributed by atoms with van der Waals surface area (Å²) < 4.78 is 6.56. The molecule has 1 aromatic carbocycles. The molecule has 1 amide bonds. The molecule has 0 aliphatic carbocycles. The van der Waals surface area contributed by atoms with E-state index in [1.807, 2.05) is 36.5 Å². The van der Waals surface area contributed by atoms with E-state index in [-0.39, 0.29) is 11.8 Å². The van der Waals surface area contributed by atoms with Crippen LogP contribution in [0.2, 0.25) is 0 Å². The molecule has 7 heteroatoms. The van der Waals surface area contributed by atoms with Crippen LogP contribution < -0.4 is 15.0 Å². The van der Waals surface area contributed by atoms with Gasteiger partial charge in [0.05, 0.1) is 11.9 Å². The van der Waals surface area contributed by atoms with Crippen LogP contribution in [0.25, 0.3) is 0 Å². The van der Waals surface area contributed by atoms with Crippen LogP contribution in [0.1, 0.15) is 11.5 Å². The fourth-order valence-corrected chi connectivity index (χ4v) is 3.71. The molecule has 0 spiro atoms. The van der Waals surface area contributed by atoms with Gasteiger partial charge in [-0.1, -0.05) is 15.9 Å². The number of carbonyl (C=O) groups excluding carboxylic acids is 1. The number of pyridine rings is 1. The molecule has 1 aromatic heterocycles. The van der Waals surface area contributed by atoms with Gasteiger partial charge in [0, 0.05) is 36.2 Å². The van der Waals surface area contributed by atoms with Gasteiger partial charge in [-0.3, -0.25) is 4.79 Å². The topological polar surface area (TPSA) is 57.7 Å². The van der Waals surface area contributed by atoms with Gasteiger partial charge in [-0.2, -0.15) is 0 Å². The number of ether oxygens (including phenoxy) is 1. The zero-order chi connectivity index (χ0) is 18.1. The van der Waals surface area contributed by atoms with E-state index in [1.54, 1.807) is 0 Å². The molecule has 6 nitrogen and oxygen atoms in total. The summed E-state index contributed by atoms with van der Waals surface area (Å²) in [6.45, 7) is 4.45. The highest BCUT2D eigenvalue weighted by Crippen LogP contribution is 2.36. The second-order valence-corrected chi connectivity index (χ2v) is 7.64. The number of nitrogens with zero attached hydrogens (tertiary/aromatic N) is 3. The van der Waals surface area contributed by atoms with E-state index in [0.29, 0.717) is 12.4 Å². The Bertz CT molecular complexity index is 804. The molecule has 0 bridgehead atoms. The Hall–Kier alpha value is -2.12. The number of fused-ring (bicyclic) bond motifs is 1. The van der Waals surface area contributed by atoms with E-state index < -0.39 is 0 Å². The number of aromatic nitrogens is 1. The molecule has 1 unspecified atom stereocenters. The van der Waals surface area contributed by atoms with Gasteiger partial charge in [-0.25, -0.2) is 4.98 Å². The molecule has 2 aliphatic rings. The Kier molecular flexibility index (Phi) is 4.82. The number of halogens is 1. The van der Waals surface area contributed by atoms with Gasteiger partial charge in [0.25, 0.3) is 0 Å². The van der Waals surface area contributed by atoms with Crippen molar-refractivity contribution in [1.82, 2.24) is 9.88 Å². The zero-order valence-electron chi connectivity index (χ0n) is 14.6. The summed E-state index contributed by atoms with van der Waals surface area (Å²) in [7, 11) is 2.14. The molecule has 136 valence electrons. The largest absolute Gasteiger partial charge is 0.492 e. The van der Waals surface area contributed by atoms with Gasteiger partial charge in [-0.05, 0) is 37.4 Å². The van der Waals surface area contributed by atoms with Gasteiger partial charge in [0.15, 0.2) is 0 Å². The maximum atomic E-state index is 12.6. The quantitative estimate of drug-likeness (QED) is 0.833. The minimum absolute atomic E-state index is 0.0957. The smallest absolute Gasteiger partial charge is 0.236 e. The minimum atomic E-state index is -0.318. The maximum absolute atomic E-state index is 12.6. The molecule has 2 aromatic rings. The fourth-order valence-electron chi connectivity index (χ4n) is 3.33. The Labute approximate surface area is 161 Å². The predicted octanol–water partition coefficient (Wildman–Crippen LogP) is 2.71. The van der Waals surface area contributed by atoms with Crippen LogP contribution >= 0.6 is 15.9 Å². The van der Waals surface area contributed by atoms with Crippen molar-refractivity contribution in [2.45, 2.75) is 5.92 Å². The van der Waals surface area contributed by atoms with E-state index in [9.17, 15) is 4.79 Å². The number of rotatable bonds is 3. The first-order chi connectivity index (χ1) is 12.6. The SMILES string of the molecule is CN1CCN(c2ccc(NC(=O)C3COc4ccc(Br)cc43)nc2)CC1. The van der Waals surface area contributed by atoms with Gasteiger partial charge < -0.3 is 19.9 Å². The summed E-state index contributed by atoms with van der Waals surface area (Å²) in [5, 5.41) is 2.91. The first kappa shape index (κ1) is 17.3. The molecular weight excluding hydrogens is 396 g/mol. The van der Waals surface area contributed by atoms with E-state index in [0.717, 1.165) is 47.7 Å². The lowest BCUT2D eigenvalue weighted by Gasteiger charge is -2.33. The van der Waals surface area contributed by atoms with Gasteiger partial charge in [-0.15, -0.1) is 0 Å². The molecule has 1 saturated heterocycles.